The molecule has 0 unspecified atom stereocenters. The van der Waals surface area contributed by atoms with Crippen LogP contribution < -0.4 is 4.72 Å². The highest BCUT2D eigenvalue weighted by molar-refractivity contribution is 7.92. The predicted molar refractivity (Wildman–Crippen MR) is 74.8 cm³/mol. The topological polar surface area (TPSA) is 74.8 Å². The van der Waals surface area contributed by atoms with Crippen LogP contribution in [0.25, 0.3) is 0 Å². The van der Waals surface area contributed by atoms with E-state index >= 15 is 0 Å². The number of aromatic nitrogens is 2. The van der Waals surface area contributed by atoms with Gasteiger partial charge in [-0.1, -0.05) is 17.7 Å². The Morgan fingerprint density at radius 1 is 1.11 bits per heavy atom. The Labute approximate surface area is 113 Å². The van der Waals surface area contributed by atoms with Crippen molar-refractivity contribution in [2.75, 3.05) is 4.72 Å². The van der Waals surface area contributed by atoms with Crippen LogP contribution in [-0.4, -0.2) is 18.6 Å². The van der Waals surface area contributed by atoms with E-state index in [1.54, 1.807) is 6.92 Å². The van der Waals surface area contributed by atoms with Crippen molar-refractivity contribution in [3.63, 3.8) is 0 Å². The summed E-state index contributed by atoms with van der Waals surface area (Å²) in [4.78, 5) is 0.173. The van der Waals surface area contributed by atoms with Crippen molar-refractivity contribution in [1.82, 2.24) is 10.2 Å². The number of hydrogen-bond acceptors (Lipinski definition) is 3. The van der Waals surface area contributed by atoms with Crippen molar-refractivity contribution in [2.24, 2.45) is 0 Å². The third kappa shape index (κ3) is 2.63. The third-order valence-corrected chi connectivity index (χ3v) is 4.45. The van der Waals surface area contributed by atoms with Crippen LogP contribution in [0.3, 0.4) is 0 Å². The van der Waals surface area contributed by atoms with Gasteiger partial charge in [0.1, 0.15) is 4.90 Å². The van der Waals surface area contributed by atoms with Gasteiger partial charge in [-0.2, -0.15) is 5.10 Å². The van der Waals surface area contributed by atoms with Gasteiger partial charge >= 0.3 is 0 Å². The Hall–Kier alpha value is -1.82. The van der Waals surface area contributed by atoms with Crippen LogP contribution in [0.4, 0.5) is 5.69 Å². The van der Waals surface area contributed by atoms with E-state index in [0.717, 1.165) is 16.7 Å². The van der Waals surface area contributed by atoms with Crippen molar-refractivity contribution < 1.29 is 8.42 Å². The molecule has 0 aliphatic heterocycles. The van der Waals surface area contributed by atoms with Gasteiger partial charge in [-0.05, 0) is 38.8 Å². The first-order valence-electron chi connectivity index (χ1n) is 5.92. The lowest BCUT2D eigenvalue weighted by molar-refractivity contribution is 0.600. The summed E-state index contributed by atoms with van der Waals surface area (Å²) in [5, 5.41) is 6.37. The second kappa shape index (κ2) is 4.70. The number of sulfonamides is 1. The Morgan fingerprint density at radius 2 is 1.68 bits per heavy atom. The summed E-state index contributed by atoms with van der Waals surface area (Å²) in [6.07, 6.45) is 1.32. The van der Waals surface area contributed by atoms with Crippen molar-refractivity contribution in [3.05, 3.63) is 40.7 Å². The highest BCUT2D eigenvalue weighted by Gasteiger charge is 2.20. The first-order valence-corrected chi connectivity index (χ1v) is 7.40. The lowest BCUT2D eigenvalue weighted by atomic mass is 10.1. The number of aryl methyl sites for hydroxylation is 4. The van der Waals surface area contributed by atoms with Crippen LogP contribution >= 0.6 is 0 Å². The first-order chi connectivity index (χ1) is 8.81. The van der Waals surface area contributed by atoms with Gasteiger partial charge in [-0.3, -0.25) is 9.82 Å². The number of rotatable bonds is 3. The van der Waals surface area contributed by atoms with E-state index in [2.05, 4.69) is 14.9 Å². The molecule has 1 aromatic carbocycles. The van der Waals surface area contributed by atoms with Crippen LogP contribution in [0.2, 0.25) is 0 Å². The highest BCUT2D eigenvalue weighted by atomic mass is 32.2. The van der Waals surface area contributed by atoms with Gasteiger partial charge < -0.3 is 0 Å². The molecule has 0 amide bonds. The fraction of sp³-hybridized carbons (Fsp3) is 0.308. The summed E-state index contributed by atoms with van der Waals surface area (Å²) >= 11 is 0. The summed E-state index contributed by atoms with van der Waals surface area (Å²) in [6.45, 7) is 7.44. The minimum Gasteiger partial charge on any atom is -0.281 e. The summed E-state index contributed by atoms with van der Waals surface area (Å²) in [6, 6.07) is 3.90. The van der Waals surface area contributed by atoms with E-state index in [9.17, 15) is 8.42 Å². The normalized spacial score (nSPS) is 11.6. The number of nitrogens with zero attached hydrogens (tertiary/aromatic N) is 1. The molecule has 2 N–H and O–H groups in total. The Morgan fingerprint density at radius 3 is 2.16 bits per heavy atom. The molecule has 19 heavy (non-hydrogen) atoms. The molecule has 1 heterocycles. The van der Waals surface area contributed by atoms with Crippen molar-refractivity contribution in [2.45, 2.75) is 32.6 Å². The largest absolute Gasteiger partial charge is 0.281 e. The zero-order valence-corrected chi connectivity index (χ0v) is 12.2. The molecule has 0 saturated heterocycles. The van der Waals surface area contributed by atoms with Crippen LogP contribution in [0.15, 0.2) is 23.2 Å². The molecule has 0 saturated carbocycles. The van der Waals surface area contributed by atoms with E-state index in [1.807, 2.05) is 32.9 Å². The number of benzene rings is 1. The average molecular weight is 279 g/mol. The monoisotopic (exact) mass is 279 g/mol. The number of H-pyrrole nitrogens is 1. The number of anilines is 1. The van der Waals surface area contributed by atoms with Crippen molar-refractivity contribution in [3.8, 4) is 0 Å². The highest BCUT2D eigenvalue weighted by Crippen LogP contribution is 2.25. The Bertz CT molecular complexity index is 694. The quantitative estimate of drug-likeness (QED) is 0.906. The van der Waals surface area contributed by atoms with E-state index in [4.69, 9.17) is 0 Å². The van der Waals surface area contributed by atoms with Gasteiger partial charge in [0, 0.05) is 0 Å². The molecule has 1 aromatic heterocycles. The first kappa shape index (κ1) is 13.6. The predicted octanol–water partition coefficient (Wildman–Crippen LogP) is 2.44. The number of nitrogens with one attached hydrogen (secondary N) is 2. The third-order valence-electron chi connectivity index (χ3n) is 2.99. The molecular weight excluding hydrogens is 262 g/mol. The maximum absolute atomic E-state index is 12.3. The van der Waals surface area contributed by atoms with Crippen LogP contribution in [0, 0.1) is 27.7 Å². The van der Waals surface area contributed by atoms with Gasteiger partial charge in [0.15, 0.2) is 0 Å². The maximum atomic E-state index is 12.3. The number of aromatic amines is 1. The van der Waals surface area contributed by atoms with Gasteiger partial charge in [0.25, 0.3) is 10.0 Å². The van der Waals surface area contributed by atoms with Gasteiger partial charge in [0.2, 0.25) is 0 Å². The molecular formula is C13H17N3O2S. The molecule has 0 spiro atoms. The summed E-state index contributed by atoms with van der Waals surface area (Å²) in [7, 11) is -3.60. The average Bonchev–Trinajstić information content (AvgIpc) is 2.70. The fourth-order valence-corrected chi connectivity index (χ4v) is 3.48. The van der Waals surface area contributed by atoms with E-state index in [-0.39, 0.29) is 4.90 Å². The van der Waals surface area contributed by atoms with E-state index in [0.29, 0.717) is 11.4 Å². The molecule has 0 fully saturated rings. The lowest BCUT2D eigenvalue weighted by Gasteiger charge is -2.13. The smallest absolute Gasteiger partial charge is 0.265 e. The standard InChI is InChI=1S/C13H17N3O2S/c1-8-5-9(2)13(10(3)6-8)16-19(17,18)12-7-14-15-11(12)4/h5-7,16H,1-4H3,(H,14,15). The Kier molecular flexibility index (Phi) is 3.36. The molecule has 0 bridgehead atoms. The number of hydrogen-bond donors (Lipinski definition) is 2. The van der Waals surface area contributed by atoms with Gasteiger partial charge in [-0.25, -0.2) is 8.42 Å². The van der Waals surface area contributed by atoms with Crippen LogP contribution in [-0.2, 0) is 10.0 Å². The second-order valence-electron chi connectivity index (χ2n) is 4.74. The second-order valence-corrected chi connectivity index (χ2v) is 6.39. The zero-order valence-electron chi connectivity index (χ0n) is 11.4. The molecule has 5 nitrogen and oxygen atoms in total. The van der Waals surface area contributed by atoms with Crippen LogP contribution in [0.5, 0.6) is 0 Å². The fourth-order valence-electron chi connectivity index (χ4n) is 2.14. The molecule has 0 radical (unpaired) electrons. The van der Waals surface area contributed by atoms with Crippen molar-refractivity contribution >= 4 is 15.7 Å². The minimum atomic E-state index is -3.60. The summed E-state index contributed by atoms with van der Waals surface area (Å²) in [5.41, 5.74) is 4.07. The molecule has 0 aliphatic rings. The molecule has 2 aromatic rings. The van der Waals surface area contributed by atoms with Crippen molar-refractivity contribution in [1.29, 1.82) is 0 Å². The molecule has 102 valence electrons. The summed E-state index contributed by atoms with van der Waals surface area (Å²) < 4.78 is 27.2. The van der Waals surface area contributed by atoms with Gasteiger partial charge in [-0.15, -0.1) is 0 Å². The molecule has 2 rings (SSSR count). The molecule has 0 aliphatic carbocycles. The maximum Gasteiger partial charge on any atom is 0.265 e. The zero-order chi connectivity index (χ0) is 14.2. The van der Waals surface area contributed by atoms with E-state index < -0.39 is 10.0 Å². The Balaban J connectivity index is 2.45. The molecule has 6 heteroatoms. The lowest BCUT2D eigenvalue weighted by Crippen LogP contribution is -2.15. The SMILES string of the molecule is Cc1cc(C)c(NS(=O)(=O)c2cn[nH]c2C)c(C)c1. The van der Waals surface area contributed by atoms with E-state index in [1.165, 1.54) is 6.20 Å². The molecule has 0 atom stereocenters. The minimum absolute atomic E-state index is 0.173. The van der Waals surface area contributed by atoms with Crippen LogP contribution in [0.1, 0.15) is 22.4 Å². The van der Waals surface area contributed by atoms with Gasteiger partial charge in [0.05, 0.1) is 17.6 Å². The summed E-state index contributed by atoms with van der Waals surface area (Å²) in [5.74, 6) is 0.